The smallest absolute Gasteiger partial charge is 0.277 e. The highest BCUT2D eigenvalue weighted by atomic mass is 32.2. The van der Waals surface area contributed by atoms with Crippen LogP contribution in [0.2, 0.25) is 0 Å². The van der Waals surface area contributed by atoms with Gasteiger partial charge in [-0.15, -0.1) is 10.2 Å². The minimum absolute atomic E-state index is 0.0447. The number of aryl methyl sites for hydroxylation is 1. The molecule has 0 saturated heterocycles. The first-order valence-corrected chi connectivity index (χ1v) is 9.23. The van der Waals surface area contributed by atoms with E-state index >= 15 is 0 Å². The SMILES string of the molecule is COc1ccc(-c2nnc(SCC(=O)Nc3ccc(C)c(F)c3)o2)cc1OC. The van der Waals surface area contributed by atoms with Gasteiger partial charge in [-0.05, 0) is 42.8 Å². The highest BCUT2D eigenvalue weighted by molar-refractivity contribution is 7.99. The van der Waals surface area contributed by atoms with Crippen LogP contribution in [0.1, 0.15) is 5.56 Å². The van der Waals surface area contributed by atoms with Gasteiger partial charge in [0.05, 0.1) is 20.0 Å². The quantitative estimate of drug-likeness (QED) is 0.598. The zero-order valence-electron chi connectivity index (χ0n) is 15.5. The van der Waals surface area contributed by atoms with Crippen LogP contribution in [0, 0.1) is 12.7 Å². The molecule has 0 bridgehead atoms. The lowest BCUT2D eigenvalue weighted by Crippen LogP contribution is -2.14. The zero-order valence-corrected chi connectivity index (χ0v) is 16.3. The third-order valence-electron chi connectivity index (χ3n) is 3.82. The molecule has 0 fully saturated rings. The molecule has 2 aromatic carbocycles. The predicted molar refractivity (Wildman–Crippen MR) is 103 cm³/mol. The zero-order chi connectivity index (χ0) is 20.1. The van der Waals surface area contributed by atoms with Crippen molar-refractivity contribution in [3.8, 4) is 23.0 Å². The molecule has 0 unspecified atom stereocenters. The van der Waals surface area contributed by atoms with Gasteiger partial charge in [0, 0.05) is 11.3 Å². The Balaban J connectivity index is 1.61. The first-order valence-electron chi connectivity index (χ1n) is 8.25. The molecule has 0 aliphatic heterocycles. The van der Waals surface area contributed by atoms with Gasteiger partial charge in [-0.1, -0.05) is 17.8 Å². The van der Waals surface area contributed by atoms with Gasteiger partial charge in [0.25, 0.3) is 5.22 Å². The lowest BCUT2D eigenvalue weighted by atomic mass is 10.2. The maximum Gasteiger partial charge on any atom is 0.277 e. The average molecular weight is 403 g/mol. The number of rotatable bonds is 7. The van der Waals surface area contributed by atoms with Crippen molar-refractivity contribution >= 4 is 23.4 Å². The number of methoxy groups -OCH3 is 2. The maximum absolute atomic E-state index is 13.5. The van der Waals surface area contributed by atoms with E-state index in [9.17, 15) is 9.18 Å². The summed E-state index contributed by atoms with van der Waals surface area (Å²) >= 11 is 1.09. The van der Waals surface area contributed by atoms with Gasteiger partial charge in [0.15, 0.2) is 11.5 Å². The minimum Gasteiger partial charge on any atom is -0.493 e. The fraction of sp³-hybridized carbons (Fsp3) is 0.211. The van der Waals surface area contributed by atoms with Crippen LogP contribution in [0.25, 0.3) is 11.5 Å². The number of carbonyl (C=O) groups is 1. The number of anilines is 1. The molecule has 0 aliphatic rings. The van der Waals surface area contributed by atoms with Crippen molar-refractivity contribution in [3.63, 3.8) is 0 Å². The molecular formula is C19H18FN3O4S. The Morgan fingerprint density at radius 1 is 1.14 bits per heavy atom. The summed E-state index contributed by atoms with van der Waals surface area (Å²) in [7, 11) is 3.09. The lowest BCUT2D eigenvalue weighted by molar-refractivity contribution is -0.113. The number of aromatic nitrogens is 2. The van der Waals surface area contributed by atoms with E-state index in [1.54, 1.807) is 44.4 Å². The molecule has 1 heterocycles. The second-order valence-electron chi connectivity index (χ2n) is 5.74. The van der Waals surface area contributed by atoms with Crippen molar-refractivity contribution in [2.24, 2.45) is 0 Å². The first-order chi connectivity index (χ1) is 13.5. The van der Waals surface area contributed by atoms with E-state index < -0.39 is 0 Å². The topological polar surface area (TPSA) is 86.5 Å². The molecule has 28 heavy (non-hydrogen) atoms. The molecule has 7 nitrogen and oxygen atoms in total. The van der Waals surface area contributed by atoms with Crippen LogP contribution in [-0.4, -0.2) is 36.1 Å². The second-order valence-corrected chi connectivity index (χ2v) is 6.67. The molecule has 146 valence electrons. The first kappa shape index (κ1) is 19.7. The van der Waals surface area contributed by atoms with Crippen LogP contribution in [0.3, 0.4) is 0 Å². The van der Waals surface area contributed by atoms with E-state index in [1.165, 1.54) is 13.2 Å². The second kappa shape index (κ2) is 8.75. The van der Waals surface area contributed by atoms with Gasteiger partial charge in [0.2, 0.25) is 11.8 Å². The van der Waals surface area contributed by atoms with Crippen molar-refractivity contribution in [2.75, 3.05) is 25.3 Å². The Hall–Kier alpha value is -3.07. The molecule has 0 aliphatic carbocycles. The van der Waals surface area contributed by atoms with Gasteiger partial charge < -0.3 is 19.2 Å². The van der Waals surface area contributed by atoms with Gasteiger partial charge >= 0.3 is 0 Å². The molecule has 1 aromatic heterocycles. The summed E-state index contributed by atoms with van der Waals surface area (Å²) in [6, 6.07) is 9.74. The lowest BCUT2D eigenvalue weighted by Gasteiger charge is -2.07. The van der Waals surface area contributed by atoms with Crippen molar-refractivity contribution in [2.45, 2.75) is 12.1 Å². The van der Waals surface area contributed by atoms with E-state index in [-0.39, 0.29) is 22.7 Å². The van der Waals surface area contributed by atoms with Crippen LogP contribution < -0.4 is 14.8 Å². The third kappa shape index (κ3) is 4.61. The number of hydrogen-bond donors (Lipinski definition) is 1. The van der Waals surface area contributed by atoms with Crippen molar-refractivity contribution in [3.05, 3.63) is 47.8 Å². The summed E-state index contributed by atoms with van der Waals surface area (Å²) in [5.41, 5.74) is 1.57. The fourth-order valence-electron chi connectivity index (χ4n) is 2.35. The minimum atomic E-state index is -0.373. The average Bonchev–Trinajstić information content (AvgIpc) is 3.17. The number of nitrogens with zero attached hydrogens (tertiary/aromatic N) is 2. The number of ether oxygens (including phenoxy) is 2. The van der Waals surface area contributed by atoms with E-state index in [0.717, 1.165) is 11.8 Å². The third-order valence-corrected chi connectivity index (χ3v) is 4.64. The van der Waals surface area contributed by atoms with Crippen molar-refractivity contribution in [1.82, 2.24) is 10.2 Å². The van der Waals surface area contributed by atoms with E-state index in [4.69, 9.17) is 13.9 Å². The number of hydrogen-bond acceptors (Lipinski definition) is 7. The molecule has 0 spiro atoms. The van der Waals surface area contributed by atoms with E-state index in [2.05, 4.69) is 15.5 Å². The number of thioether (sulfide) groups is 1. The number of benzene rings is 2. The Morgan fingerprint density at radius 2 is 1.93 bits per heavy atom. The Morgan fingerprint density at radius 3 is 2.64 bits per heavy atom. The predicted octanol–water partition coefficient (Wildman–Crippen LogP) is 3.93. The van der Waals surface area contributed by atoms with Gasteiger partial charge in [-0.3, -0.25) is 4.79 Å². The van der Waals surface area contributed by atoms with Crippen molar-refractivity contribution < 1.29 is 23.1 Å². The largest absolute Gasteiger partial charge is 0.493 e. The summed E-state index contributed by atoms with van der Waals surface area (Å²) < 4.78 is 29.6. The highest BCUT2D eigenvalue weighted by Gasteiger charge is 2.14. The molecule has 0 saturated carbocycles. The Bertz CT molecular complexity index is 993. The van der Waals surface area contributed by atoms with Gasteiger partial charge in [0.1, 0.15) is 5.82 Å². The number of amides is 1. The standard InChI is InChI=1S/C19H18FN3O4S/c1-11-4-6-13(9-14(11)20)21-17(24)10-28-19-23-22-18(27-19)12-5-7-15(25-2)16(8-12)26-3/h4-9H,10H2,1-3H3,(H,21,24). The summed E-state index contributed by atoms with van der Waals surface area (Å²) in [5, 5.41) is 10.8. The fourth-order valence-corrected chi connectivity index (χ4v) is 2.91. The summed E-state index contributed by atoms with van der Waals surface area (Å²) in [6.45, 7) is 1.66. The number of carbonyl (C=O) groups excluding carboxylic acids is 1. The summed E-state index contributed by atoms with van der Waals surface area (Å²) in [4.78, 5) is 12.0. The van der Waals surface area contributed by atoms with Crippen LogP contribution >= 0.6 is 11.8 Å². The van der Waals surface area contributed by atoms with Gasteiger partial charge in [-0.2, -0.15) is 0 Å². The molecule has 3 rings (SSSR count). The normalized spacial score (nSPS) is 10.6. The molecule has 9 heteroatoms. The van der Waals surface area contributed by atoms with Gasteiger partial charge in [-0.25, -0.2) is 4.39 Å². The number of nitrogens with one attached hydrogen (secondary N) is 1. The van der Waals surface area contributed by atoms with Crippen LogP contribution in [0.15, 0.2) is 46.0 Å². The maximum atomic E-state index is 13.5. The molecular weight excluding hydrogens is 385 g/mol. The molecule has 0 radical (unpaired) electrons. The van der Waals surface area contributed by atoms with E-state index in [0.29, 0.717) is 34.2 Å². The monoisotopic (exact) mass is 403 g/mol. The molecule has 1 amide bonds. The number of halogens is 1. The van der Waals surface area contributed by atoms with E-state index in [1.807, 2.05) is 0 Å². The van der Waals surface area contributed by atoms with Crippen molar-refractivity contribution in [1.29, 1.82) is 0 Å². The molecule has 1 N–H and O–H groups in total. The molecule has 0 atom stereocenters. The summed E-state index contributed by atoms with van der Waals surface area (Å²) in [6.07, 6.45) is 0. The summed E-state index contributed by atoms with van der Waals surface area (Å²) in [5.74, 6) is 0.787. The van der Waals surface area contributed by atoms with Crippen LogP contribution in [0.5, 0.6) is 11.5 Å². The highest BCUT2D eigenvalue weighted by Crippen LogP contribution is 2.32. The Labute approximate surface area is 165 Å². The Kier molecular flexibility index (Phi) is 6.15. The van der Waals surface area contributed by atoms with Crippen LogP contribution in [0.4, 0.5) is 10.1 Å². The molecule has 3 aromatic rings. The van der Waals surface area contributed by atoms with Crippen LogP contribution in [-0.2, 0) is 4.79 Å².